The zero-order valence-corrected chi connectivity index (χ0v) is 19.2. The number of aromatic nitrogens is 2. The number of anilines is 1. The molecule has 1 aromatic carbocycles. The van der Waals surface area contributed by atoms with Gasteiger partial charge < -0.3 is 16.0 Å². The second kappa shape index (κ2) is 11.7. The van der Waals surface area contributed by atoms with E-state index in [1.807, 2.05) is 30.3 Å². The number of carbonyl (C=O) groups excluding carboxylic acids is 1. The quantitative estimate of drug-likeness (QED) is 0.452. The molecule has 1 saturated heterocycles. The molecule has 1 aliphatic rings. The minimum atomic E-state index is -0.203. The minimum absolute atomic E-state index is 0.162. The predicted octanol–water partition coefficient (Wildman–Crippen LogP) is 3.15. The Morgan fingerprint density at radius 1 is 1.12 bits per heavy atom. The molecule has 1 aliphatic heterocycles. The van der Waals surface area contributed by atoms with Gasteiger partial charge in [-0.1, -0.05) is 18.2 Å². The molecule has 3 aromatic rings. The van der Waals surface area contributed by atoms with Gasteiger partial charge in [-0.25, -0.2) is 9.37 Å². The second-order valence-electron chi connectivity index (χ2n) is 8.45. The Morgan fingerprint density at radius 2 is 1.97 bits per heavy atom. The van der Waals surface area contributed by atoms with Crippen LogP contribution >= 0.6 is 0 Å². The molecule has 0 bridgehead atoms. The molecule has 3 heterocycles. The summed E-state index contributed by atoms with van der Waals surface area (Å²) in [5.74, 6) is 0.449. The first-order valence-electron chi connectivity index (χ1n) is 11.8. The van der Waals surface area contributed by atoms with E-state index < -0.39 is 0 Å². The van der Waals surface area contributed by atoms with Gasteiger partial charge in [0.1, 0.15) is 11.6 Å². The van der Waals surface area contributed by atoms with Crippen molar-refractivity contribution in [1.29, 1.82) is 0 Å². The van der Waals surface area contributed by atoms with Crippen LogP contribution in [0.4, 0.5) is 10.2 Å². The van der Waals surface area contributed by atoms with Gasteiger partial charge in [-0.15, -0.1) is 0 Å². The van der Waals surface area contributed by atoms with E-state index in [0.717, 1.165) is 61.5 Å². The third kappa shape index (κ3) is 6.36. The lowest BCUT2D eigenvalue weighted by Gasteiger charge is -2.37. The van der Waals surface area contributed by atoms with Gasteiger partial charge in [0, 0.05) is 25.8 Å². The van der Waals surface area contributed by atoms with Crippen LogP contribution in [-0.2, 0) is 19.5 Å². The molecule has 2 aromatic heterocycles. The third-order valence-electron chi connectivity index (χ3n) is 5.99. The molecule has 1 atom stereocenters. The number of hydrogen-bond donors (Lipinski definition) is 3. The Labute approximate surface area is 199 Å². The molecule has 8 heteroatoms. The molecule has 4 rings (SSSR count). The van der Waals surface area contributed by atoms with Crippen molar-refractivity contribution in [3.05, 3.63) is 89.1 Å². The monoisotopic (exact) mass is 462 g/mol. The fourth-order valence-corrected chi connectivity index (χ4v) is 4.20. The zero-order chi connectivity index (χ0) is 23.8. The van der Waals surface area contributed by atoms with Crippen LogP contribution in [0.25, 0.3) is 0 Å². The maximum Gasteiger partial charge on any atom is 0.253 e. The molecule has 0 spiro atoms. The highest BCUT2D eigenvalue weighted by molar-refractivity contribution is 5.94. The summed E-state index contributed by atoms with van der Waals surface area (Å²) in [6.07, 6.45) is 5.80. The molecule has 0 saturated carbocycles. The number of hydrogen-bond acceptors (Lipinski definition) is 6. The minimum Gasteiger partial charge on any atom is -0.346 e. The van der Waals surface area contributed by atoms with E-state index in [9.17, 15) is 9.18 Å². The van der Waals surface area contributed by atoms with Crippen molar-refractivity contribution in [1.82, 2.24) is 20.6 Å². The van der Waals surface area contributed by atoms with Gasteiger partial charge in [-0.05, 0) is 67.6 Å². The van der Waals surface area contributed by atoms with E-state index in [4.69, 9.17) is 5.73 Å². The highest BCUT2D eigenvalue weighted by atomic mass is 19.1. The zero-order valence-electron chi connectivity index (χ0n) is 19.2. The normalized spacial score (nSPS) is 15.8. The Balaban J connectivity index is 1.32. The lowest BCUT2D eigenvalue weighted by Crippen LogP contribution is -2.49. The molecular weight excluding hydrogens is 431 g/mol. The number of nitrogens with zero attached hydrogens (tertiary/aromatic N) is 3. The van der Waals surface area contributed by atoms with Gasteiger partial charge >= 0.3 is 0 Å². The van der Waals surface area contributed by atoms with E-state index >= 15 is 0 Å². The summed E-state index contributed by atoms with van der Waals surface area (Å²) in [4.78, 5) is 23.8. The summed E-state index contributed by atoms with van der Waals surface area (Å²) in [7, 11) is 0. The van der Waals surface area contributed by atoms with Crippen molar-refractivity contribution < 1.29 is 9.18 Å². The molecule has 4 N–H and O–H groups in total. The molecule has 0 radical (unpaired) electrons. The molecule has 1 amide bonds. The number of pyridine rings is 2. The third-order valence-corrected chi connectivity index (χ3v) is 5.99. The van der Waals surface area contributed by atoms with Crippen molar-refractivity contribution in [3.8, 4) is 0 Å². The van der Waals surface area contributed by atoms with Gasteiger partial charge in [-0.3, -0.25) is 15.1 Å². The maximum atomic E-state index is 13.4. The average molecular weight is 463 g/mol. The van der Waals surface area contributed by atoms with Gasteiger partial charge in [0.25, 0.3) is 5.91 Å². The summed E-state index contributed by atoms with van der Waals surface area (Å²) in [5, 5.41) is 6.48. The first-order valence-corrected chi connectivity index (χ1v) is 11.8. The number of carbonyl (C=O) groups is 1. The molecular formula is C26H31FN6O. The number of halogens is 1. The van der Waals surface area contributed by atoms with Gasteiger partial charge in [-0.2, -0.15) is 0 Å². The van der Waals surface area contributed by atoms with Crippen LogP contribution in [0.3, 0.4) is 0 Å². The lowest BCUT2D eigenvalue weighted by molar-refractivity contribution is 0.0950. The Bertz CT molecular complexity index is 1090. The predicted molar refractivity (Wildman–Crippen MR) is 131 cm³/mol. The molecule has 34 heavy (non-hydrogen) atoms. The summed E-state index contributed by atoms with van der Waals surface area (Å²) in [6, 6.07) is 16.0. The molecule has 178 valence electrons. The van der Waals surface area contributed by atoms with E-state index in [0.29, 0.717) is 18.7 Å². The van der Waals surface area contributed by atoms with Crippen molar-refractivity contribution in [2.45, 2.75) is 44.9 Å². The number of nitrogens with one attached hydrogen (secondary N) is 2. The molecule has 1 unspecified atom stereocenters. The second-order valence-corrected chi connectivity index (χ2v) is 8.45. The molecule has 0 aliphatic carbocycles. The summed E-state index contributed by atoms with van der Waals surface area (Å²) in [6.45, 7) is 2.35. The molecule has 7 nitrogen and oxygen atoms in total. The SMILES string of the molecule is NCc1cccc(CNC(=O)c2ccc(N3CCCCC3NCCc3cccc(F)c3)nc2)n1. The number of piperidine rings is 1. The van der Waals surface area contributed by atoms with Gasteiger partial charge in [0.15, 0.2) is 0 Å². The van der Waals surface area contributed by atoms with Crippen LogP contribution in [0.1, 0.15) is 46.6 Å². The van der Waals surface area contributed by atoms with Gasteiger partial charge in [0.2, 0.25) is 0 Å². The highest BCUT2D eigenvalue weighted by Crippen LogP contribution is 2.22. The van der Waals surface area contributed by atoms with Crippen LogP contribution in [0.5, 0.6) is 0 Å². The largest absolute Gasteiger partial charge is 0.346 e. The van der Waals surface area contributed by atoms with Crippen LogP contribution in [0, 0.1) is 5.82 Å². The highest BCUT2D eigenvalue weighted by Gasteiger charge is 2.23. The maximum absolute atomic E-state index is 13.4. The first-order chi connectivity index (χ1) is 16.6. The number of nitrogens with two attached hydrogens (primary N) is 1. The standard InChI is InChI=1S/C26H31FN6O/c27-21-6-3-5-19(15-21)12-13-29-24-9-1-2-14-33(24)25-11-10-20(17-30-25)26(34)31-18-23-8-4-7-22(16-28)32-23/h3-8,10-11,15,17,24,29H,1-2,9,12-14,16,18,28H2,(H,31,34). The van der Waals surface area contributed by atoms with Crippen molar-refractivity contribution in [3.63, 3.8) is 0 Å². The summed E-state index contributed by atoms with van der Waals surface area (Å²) >= 11 is 0. The Hall–Kier alpha value is -3.36. The summed E-state index contributed by atoms with van der Waals surface area (Å²) in [5.41, 5.74) is 8.67. The smallest absolute Gasteiger partial charge is 0.253 e. The first kappa shape index (κ1) is 23.8. The van der Waals surface area contributed by atoms with Crippen LogP contribution < -0.4 is 21.3 Å². The lowest BCUT2D eigenvalue weighted by atomic mass is 10.1. The van der Waals surface area contributed by atoms with E-state index in [-0.39, 0.29) is 17.9 Å². The fraction of sp³-hybridized carbons (Fsp3) is 0.346. The summed E-state index contributed by atoms with van der Waals surface area (Å²) < 4.78 is 13.4. The van der Waals surface area contributed by atoms with E-state index in [1.54, 1.807) is 24.4 Å². The van der Waals surface area contributed by atoms with Crippen molar-refractivity contribution in [2.75, 3.05) is 18.0 Å². The van der Waals surface area contributed by atoms with Crippen LogP contribution in [0.2, 0.25) is 0 Å². The Kier molecular flexibility index (Phi) is 8.17. The average Bonchev–Trinajstić information content (AvgIpc) is 2.88. The topological polar surface area (TPSA) is 96.2 Å². The number of amides is 1. The fourth-order valence-electron chi connectivity index (χ4n) is 4.20. The van der Waals surface area contributed by atoms with Crippen molar-refractivity contribution >= 4 is 11.7 Å². The molecule has 1 fully saturated rings. The number of benzene rings is 1. The Morgan fingerprint density at radius 3 is 2.76 bits per heavy atom. The van der Waals surface area contributed by atoms with Crippen molar-refractivity contribution in [2.24, 2.45) is 5.73 Å². The van der Waals surface area contributed by atoms with Crippen LogP contribution in [0.15, 0.2) is 60.8 Å². The van der Waals surface area contributed by atoms with Gasteiger partial charge in [0.05, 0.1) is 29.7 Å². The number of rotatable bonds is 9. The van der Waals surface area contributed by atoms with Crippen LogP contribution in [-0.4, -0.2) is 35.1 Å². The van der Waals surface area contributed by atoms with E-state index in [1.165, 1.54) is 6.07 Å². The van der Waals surface area contributed by atoms with E-state index in [2.05, 4.69) is 25.5 Å².